The van der Waals surface area contributed by atoms with E-state index >= 15 is 0 Å². The van der Waals surface area contributed by atoms with Gasteiger partial charge in [0.1, 0.15) is 10.8 Å². The summed E-state index contributed by atoms with van der Waals surface area (Å²) in [4.78, 5) is 4.77. The summed E-state index contributed by atoms with van der Waals surface area (Å²) in [5.41, 5.74) is 4.52. The maximum atomic E-state index is 5.85. The minimum Gasteiger partial charge on any atom is -0.493 e. The fraction of sp³-hybridized carbons (Fsp3) is 0.125. The molecule has 0 spiro atoms. The van der Waals surface area contributed by atoms with Gasteiger partial charge in [-0.05, 0) is 42.8 Å². The molecule has 3 heteroatoms. The number of ether oxygens (including phenoxy) is 1. The molecule has 1 aromatic heterocycles. The maximum Gasteiger partial charge on any atom is 0.127 e. The molecule has 2 nitrogen and oxygen atoms in total. The van der Waals surface area contributed by atoms with E-state index in [1.165, 1.54) is 16.3 Å². The Morgan fingerprint density at radius 2 is 1.78 bits per heavy atom. The zero-order chi connectivity index (χ0) is 18.6. The first-order valence-corrected chi connectivity index (χ1v) is 9.98. The van der Waals surface area contributed by atoms with Gasteiger partial charge in [-0.2, -0.15) is 0 Å². The molecule has 4 aromatic rings. The van der Waals surface area contributed by atoms with Gasteiger partial charge in [-0.3, -0.25) is 0 Å². The molecule has 0 aliphatic heterocycles. The van der Waals surface area contributed by atoms with Crippen molar-refractivity contribution in [2.75, 3.05) is 6.61 Å². The van der Waals surface area contributed by atoms with Gasteiger partial charge in [0.2, 0.25) is 0 Å². The van der Waals surface area contributed by atoms with Crippen LogP contribution in [0.15, 0.2) is 66.0 Å². The van der Waals surface area contributed by atoms with E-state index in [1.54, 1.807) is 11.3 Å². The molecule has 0 amide bonds. The molecule has 0 saturated carbocycles. The molecule has 27 heavy (non-hydrogen) atoms. The lowest BCUT2D eigenvalue weighted by molar-refractivity contribution is 0.340. The second kappa shape index (κ2) is 7.77. The molecule has 0 aliphatic rings. The quantitative estimate of drug-likeness (QED) is 0.383. The van der Waals surface area contributed by atoms with Crippen molar-refractivity contribution in [1.29, 1.82) is 0 Å². The highest BCUT2D eigenvalue weighted by molar-refractivity contribution is 7.10. The van der Waals surface area contributed by atoms with Gasteiger partial charge in [0.25, 0.3) is 0 Å². The number of thiazole rings is 1. The lowest BCUT2D eigenvalue weighted by Gasteiger charge is -2.10. The highest BCUT2D eigenvalue weighted by Crippen LogP contribution is 2.31. The number of fused-ring (bicyclic) bond motifs is 1. The van der Waals surface area contributed by atoms with Gasteiger partial charge in [0, 0.05) is 16.5 Å². The zero-order valence-corrected chi connectivity index (χ0v) is 16.3. The van der Waals surface area contributed by atoms with Gasteiger partial charge in [0.15, 0.2) is 0 Å². The Morgan fingerprint density at radius 1 is 0.963 bits per heavy atom. The SMILES string of the molecule is CCOc1ccc2ccccc2c1/C=C/c1nc(-c2ccc(C)cc2)cs1. The Morgan fingerprint density at radius 3 is 2.59 bits per heavy atom. The average Bonchev–Trinajstić information content (AvgIpc) is 3.17. The monoisotopic (exact) mass is 371 g/mol. The van der Waals surface area contributed by atoms with Gasteiger partial charge in [0.05, 0.1) is 12.3 Å². The molecule has 0 unspecified atom stereocenters. The molecule has 0 radical (unpaired) electrons. The Bertz CT molecular complexity index is 1090. The fourth-order valence-electron chi connectivity index (χ4n) is 3.10. The highest BCUT2D eigenvalue weighted by atomic mass is 32.1. The van der Waals surface area contributed by atoms with E-state index in [0.717, 1.165) is 27.6 Å². The first kappa shape index (κ1) is 17.5. The smallest absolute Gasteiger partial charge is 0.127 e. The van der Waals surface area contributed by atoms with Crippen LogP contribution in [0.5, 0.6) is 5.75 Å². The van der Waals surface area contributed by atoms with E-state index < -0.39 is 0 Å². The summed E-state index contributed by atoms with van der Waals surface area (Å²) in [5, 5.41) is 5.49. The summed E-state index contributed by atoms with van der Waals surface area (Å²) in [7, 11) is 0. The van der Waals surface area contributed by atoms with Crippen molar-refractivity contribution in [2.45, 2.75) is 13.8 Å². The van der Waals surface area contributed by atoms with Gasteiger partial charge < -0.3 is 4.74 Å². The lowest BCUT2D eigenvalue weighted by Crippen LogP contribution is -1.94. The Kier molecular flexibility index (Phi) is 5.03. The molecule has 0 bridgehead atoms. The van der Waals surface area contributed by atoms with E-state index in [2.05, 4.69) is 79.1 Å². The summed E-state index contributed by atoms with van der Waals surface area (Å²) in [5.74, 6) is 0.905. The van der Waals surface area contributed by atoms with Crippen molar-refractivity contribution in [2.24, 2.45) is 0 Å². The Balaban J connectivity index is 1.69. The van der Waals surface area contributed by atoms with Crippen LogP contribution in [0.4, 0.5) is 0 Å². The van der Waals surface area contributed by atoms with Crippen molar-refractivity contribution in [3.8, 4) is 17.0 Å². The summed E-state index contributed by atoms with van der Waals surface area (Å²) in [6, 6.07) is 21.0. The maximum absolute atomic E-state index is 5.85. The number of hydrogen-bond acceptors (Lipinski definition) is 3. The Hall–Kier alpha value is -2.91. The second-order valence-electron chi connectivity index (χ2n) is 6.40. The van der Waals surface area contributed by atoms with Crippen LogP contribution in [0.3, 0.4) is 0 Å². The van der Waals surface area contributed by atoms with E-state index in [0.29, 0.717) is 6.61 Å². The van der Waals surface area contributed by atoms with Crippen LogP contribution in [0, 0.1) is 6.92 Å². The van der Waals surface area contributed by atoms with E-state index in [9.17, 15) is 0 Å². The molecular weight excluding hydrogens is 350 g/mol. The standard InChI is InChI=1S/C24H21NOS/c1-3-26-23-14-12-18-6-4-5-7-20(18)21(23)13-15-24-25-22(16-27-24)19-10-8-17(2)9-11-19/h4-16H,3H2,1-2H3/b15-13+. The highest BCUT2D eigenvalue weighted by Gasteiger charge is 2.07. The molecule has 4 rings (SSSR count). The number of hydrogen-bond donors (Lipinski definition) is 0. The summed E-state index contributed by atoms with van der Waals surface area (Å²) >= 11 is 1.65. The zero-order valence-electron chi connectivity index (χ0n) is 15.5. The van der Waals surface area contributed by atoms with Crippen LogP contribution in [0.1, 0.15) is 23.1 Å². The molecular formula is C24H21NOS. The van der Waals surface area contributed by atoms with Crippen LogP contribution < -0.4 is 4.74 Å². The lowest BCUT2D eigenvalue weighted by atomic mass is 10.0. The molecule has 0 atom stereocenters. The van der Waals surface area contributed by atoms with Gasteiger partial charge in [-0.25, -0.2) is 4.98 Å². The molecule has 0 aliphatic carbocycles. The van der Waals surface area contributed by atoms with E-state index in [4.69, 9.17) is 9.72 Å². The third kappa shape index (κ3) is 3.79. The number of rotatable bonds is 5. The third-order valence-corrected chi connectivity index (χ3v) is 5.30. The first-order chi connectivity index (χ1) is 13.2. The largest absolute Gasteiger partial charge is 0.493 e. The topological polar surface area (TPSA) is 22.1 Å². The average molecular weight is 372 g/mol. The molecule has 134 valence electrons. The summed E-state index contributed by atoms with van der Waals surface area (Å²) in [6.45, 7) is 4.75. The predicted octanol–water partition coefficient (Wildman–Crippen LogP) is 6.84. The minimum atomic E-state index is 0.647. The molecule has 0 fully saturated rings. The number of nitrogens with zero attached hydrogens (tertiary/aromatic N) is 1. The van der Waals surface area contributed by atoms with Crippen LogP contribution in [-0.4, -0.2) is 11.6 Å². The number of aromatic nitrogens is 1. The van der Waals surface area contributed by atoms with Gasteiger partial charge in [-0.1, -0.05) is 60.2 Å². The normalized spacial score (nSPS) is 11.3. The molecule has 3 aromatic carbocycles. The summed E-state index contributed by atoms with van der Waals surface area (Å²) in [6.07, 6.45) is 4.19. The molecule has 0 saturated heterocycles. The number of benzene rings is 3. The van der Waals surface area contributed by atoms with Crippen LogP contribution in [-0.2, 0) is 0 Å². The van der Waals surface area contributed by atoms with Gasteiger partial charge in [-0.15, -0.1) is 11.3 Å². The third-order valence-electron chi connectivity index (χ3n) is 4.49. The van der Waals surface area contributed by atoms with Crippen molar-refractivity contribution in [3.63, 3.8) is 0 Å². The van der Waals surface area contributed by atoms with E-state index in [-0.39, 0.29) is 0 Å². The Labute approximate surface area is 163 Å². The van der Waals surface area contributed by atoms with Gasteiger partial charge >= 0.3 is 0 Å². The van der Waals surface area contributed by atoms with Crippen LogP contribution >= 0.6 is 11.3 Å². The van der Waals surface area contributed by atoms with E-state index in [1.807, 2.05) is 13.0 Å². The minimum absolute atomic E-state index is 0.647. The van der Waals surface area contributed by atoms with Crippen molar-refractivity contribution >= 4 is 34.3 Å². The predicted molar refractivity (Wildman–Crippen MR) is 116 cm³/mol. The van der Waals surface area contributed by atoms with Crippen molar-refractivity contribution in [3.05, 3.63) is 82.2 Å². The number of aryl methyl sites for hydroxylation is 1. The van der Waals surface area contributed by atoms with Crippen LogP contribution in [0.2, 0.25) is 0 Å². The first-order valence-electron chi connectivity index (χ1n) is 9.10. The molecule has 0 N–H and O–H groups in total. The van der Waals surface area contributed by atoms with Crippen molar-refractivity contribution in [1.82, 2.24) is 4.98 Å². The van der Waals surface area contributed by atoms with Crippen molar-refractivity contribution < 1.29 is 4.74 Å². The second-order valence-corrected chi connectivity index (χ2v) is 7.29. The molecule has 1 heterocycles. The van der Waals surface area contributed by atoms with Crippen LogP contribution in [0.25, 0.3) is 34.2 Å². The summed E-state index contributed by atoms with van der Waals surface area (Å²) < 4.78 is 5.85. The fourth-order valence-corrected chi connectivity index (χ4v) is 3.82.